The fraction of sp³-hybridized carbons (Fsp3) is 0.261. The number of carbonyl (C=O) groups excluding carboxylic acids is 2. The highest BCUT2D eigenvalue weighted by Crippen LogP contribution is 2.38. The van der Waals surface area contributed by atoms with Crippen LogP contribution in [0.5, 0.6) is 0 Å². The molecule has 4 aromatic rings. The van der Waals surface area contributed by atoms with E-state index < -0.39 is 5.91 Å². The Kier molecular flexibility index (Phi) is 4.37. The fourth-order valence-electron chi connectivity index (χ4n) is 4.27. The number of amides is 1. The van der Waals surface area contributed by atoms with E-state index in [-0.39, 0.29) is 22.5 Å². The Bertz CT molecular complexity index is 1460. The molecule has 0 atom stereocenters. The van der Waals surface area contributed by atoms with Crippen molar-refractivity contribution in [2.24, 2.45) is 5.41 Å². The number of benzene rings is 1. The average Bonchev–Trinajstić information content (AvgIpc) is 3.30. The third kappa shape index (κ3) is 3.13. The Morgan fingerprint density at radius 2 is 2.00 bits per heavy atom. The van der Waals surface area contributed by atoms with E-state index in [4.69, 9.17) is 4.42 Å². The summed E-state index contributed by atoms with van der Waals surface area (Å²) in [5, 5.41) is 7.48. The summed E-state index contributed by atoms with van der Waals surface area (Å²) < 4.78 is 7.37. The summed E-state index contributed by atoms with van der Waals surface area (Å²) in [5.41, 5.74) is 1.93. The number of rotatable bonds is 3. The number of hydrogen-bond acceptors (Lipinski definition) is 6. The lowest BCUT2D eigenvalue weighted by Gasteiger charge is -2.27. The number of aromatic amines is 1. The largest absolute Gasteiger partial charge is 0.455 e. The van der Waals surface area contributed by atoms with Gasteiger partial charge in [0.25, 0.3) is 11.5 Å². The quantitative estimate of drug-likeness (QED) is 0.512. The molecule has 1 aromatic carbocycles. The zero-order valence-electron chi connectivity index (χ0n) is 17.9. The van der Waals surface area contributed by atoms with Gasteiger partial charge in [-0.15, -0.1) is 0 Å². The minimum atomic E-state index is -0.461. The Morgan fingerprint density at radius 1 is 1.22 bits per heavy atom. The molecule has 1 aliphatic carbocycles. The van der Waals surface area contributed by atoms with Crippen LogP contribution in [0, 0.1) is 12.3 Å². The molecular formula is C23H21N5O4. The van der Waals surface area contributed by atoms with Crippen LogP contribution in [0.4, 0.5) is 5.69 Å². The van der Waals surface area contributed by atoms with E-state index >= 15 is 0 Å². The summed E-state index contributed by atoms with van der Waals surface area (Å²) in [6.07, 6.45) is 3.75. The van der Waals surface area contributed by atoms with Crippen LogP contribution in [-0.2, 0) is 6.42 Å². The van der Waals surface area contributed by atoms with E-state index in [1.54, 1.807) is 31.2 Å². The molecule has 0 spiro atoms. The standard InChI is InChI=1S/C23H21N5O4/c1-12-18-16(29)8-23(2,3)9-17(18)32-19(12)22(31)27-14-6-4-5-7-15(14)28-20-13(10-26-28)21(30)25-11-24-20/h4-7,10-11H,8-9H2,1-3H3,(H,27,31)(H,24,25,30). The van der Waals surface area contributed by atoms with E-state index in [1.165, 1.54) is 17.2 Å². The van der Waals surface area contributed by atoms with E-state index in [2.05, 4.69) is 20.4 Å². The average molecular weight is 431 g/mol. The van der Waals surface area contributed by atoms with Gasteiger partial charge in [0.1, 0.15) is 11.1 Å². The number of hydrogen-bond donors (Lipinski definition) is 2. The lowest BCUT2D eigenvalue weighted by molar-refractivity contribution is 0.0898. The first-order valence-corrected chi connectivity index (χ1v) is 10.2. The van der Waals surface area contributed by atoms with E-state index in [0.717, 1.165) is 0 Å². The van der Waals surface area contributed by atoms with Gasteiger partial charge in [-0.1, -0.05) is 26.0 Å². The molecule has 2 N–H and O–H groups in total. The molecular weight excluding hydrogens is 410 g/mol. The molecule has 0 radical (unpaired) electrons. The minimum Gasteiger partial charge on any atom is -0.455 e. The number of carbonyl (C=O) groups is 2. The minimum absolute atomic E-state index is 0.00347. The molecule has 162 valence electrons. The molecule has 0 saturated heterocycles. The predicted molar refractivity (Wildman–Crippen MR) is 117 cm³/mol. The van der Waals surface area contributed by atoms with E-state index in [9.17, 15) is 14.4 Å². The third-order valence-corrected chi connectivity index (χ3v) is 5.73. The number of nitrogens with zero attached hydrogens (tertiary/aromatic N) is 3. The highest BCUT2D eigenvalue weighted by Gasteiger charge is 2.37. The second-order valence-corrected chi connectivity index (χ2v) is 8.79. The Morgan fingerprint density at radius 3 is 2.81 bits per heavy atom. The number of H-pyrrole nitrogens is 1. The van der Waals surface area contributed by atoms with Crippen LogP contribution in [0.2, 0.25) is 0 Å². The van der Waals surface area contributed by atoms with Gasteiger partial charge in [0.2, 0.25) is 0 Å². The van der Waals surface area contributed by atoms with Gasteiger partial charge in [0.15, 0.2) is 17.2 Å². The van der Waals surface area contributed by atoms with Crippen molar-refractivity contribution < 1.29 is 14.0 Å². The number of para-hydroxylation sites is 2. The first-order chi connectivity index (χ1) is 15.2. The maximum Gasteiger partial charge on any atom is 0.291 e. The van der Waals surface area contributed by atoms with E-state index in [0.29, 0.717) is 52.1 Å². The topological polar surface area (TPSA) is 123 Å². The molecule has 9 nitrogen and oxygen atoms in total. The number of ketones is 1. The summed E-state index contributed by atoms with van der Waals surface area (Å²) in [6.45, 7) is 5.75. The van der Waals surface area contributed by atoms with Crippen LogP contribution in [0.25, 0.3) is 16.7 Å². The van der Waals surface area contributed by atoms with Crippen molar-refractivity contribution in [3.63, 3.8) is 0 Å². The lowest BCUT2D eigenvalue weighted by Crippen LogP contribution is -2.26. The number of furan rings is 1. The first-order valence-electron chi connectivity index (χ1n) is 10.2. The van der Waals surface area contributed by atoms with Crippen molar-refractivity contribution in [1.82, 2.24) is 19.7 Å². The van der Waals surface area contributed by atoms with Crippen molar-refractivity contribution in [3.8, 4) is 5.69 Å². The van der Waals surface area contributed by atoms with Gasteiger partial charge >= 0.3 is 0 Å². The zero-order valence-corrected chi connectivity index (χ0v) is 17.9. The Balaban J connectivity index is 1.53. The van der Waals surface area contributed by atoms with Crippen molar-refractivity contribution in [3.05, 3.63) is 69.8 Å². The Hall–Kier alpha value is -4.01. The molecule has 3 heterocycles. The van der Waals surface area contributed by atoms with Crippen LogP contribution >= 0.6 is 0 Å². The fourth-order valence-corrected chi connectivity index (χ4v) is 4.27. The molecule has 1 aliphatic rings. The summed E-state index contributed by atoms with van der Waals surface area (Å²) in [7, 11) is 0. The number of fused-ring (bicyclic) bond motifs is 2. The molecule has 0 bridgehead atoms. The zero-order chi connectivity index (χ0) is 22.6. The highest BCUT2D eigenvalue weighted by atomic mass is 16.4. The summed E-state index contributed by atoms with van der Waals surface area (Å²) in [5.74, 6) is 0.216. The number of nitrogens with one attached hydrogen (secondary N) is 2. The van der Waals surface area contributed by atoms with E-state index in [1.807, 2.05) is 13.8 Å². The predicted octanol–water partition coefficient (Wildman–Crippen LogP) is 3.42. The molecule has 0 fully saturated rings. The van der Waals surface area contributed by atoms with Gasteiger partial charge in [-0.2, -0.15) is 5.10 Å². The monoisotopic (exact) mass is 431 g/mol. The van der Waals surface area contributed by atoms with Crippen molar-refractivity contribution in [1.29, 1.82) is 0 Å². The second kappa shape index (κ2) is 7.01. The third-order valence-electron chi connectivity index (χ3n) is 5.73. The molecule has 9 heteroatoms. The van der Waals surface area contributed by atoms with Crippen LogP contribution in [0.15, 0.2) is 46.0 Å². The molecule has 0 aliphatic heterocycles. The van der Waals surface area contributed by atoms with Gasteiger partial charge in [-0.05, 0) is 24.5 Å². The number of Topliss-reactive ketones (excluding diaryl/α,β-unsaturated/α-hetero) is 1. The summed E-state index contributed by atoms with van der Waals surface area (Å²) in [4.78, 5) is 44.5. The molecule has 32 heavy (non-hydrogen) atoms. The van der Waals surface area contributed by atoms with Gasteiger partial charge in [-0.25, -0.2) is 9.67 Å². The summed E-state index contributed by atoms with van der Waals surface area (Å²) >= 11 is 0. The van der Waals surface area contributed by atoms with Crippen molar-refractivity contribution in [2.45, 2.75) is 33.6 Å². The molecule has 5 rings (SSSR count). The second-order valence-electron chi connectivity index (χ2n) is 8.79. The smallest absolute Gasteiger partial charge is 0.291 e. The molecule has 1 amide bonds. The van der Waals surface area contributed by atoms with Crippen molar-refractivity contribution >= 4 is 28.4 Å². The maximum absolute atomic E-state index is 13.1. The van der Waals surface area contributed by atoms with Gasteiger partial charge in [-0.3, -0.25) is 14.4 Å². The SMILES string of the molecule is Cc1c(C(=O)Nc2ccccc2-n2ncc3c(=O)[nH]cnc32)oc2c1C(=O)CC(C)(C)C2. The van der Waals surface area contributed by atoms with Crippen LogP contribution in [-0.4, -0.2) is 31.4 Å². The number of anilines is 1. The number of aromatic nitrogens is 4. The van der Waals surface area contributed by atoms with Gasteiger partial charge < -0.3 is 14.7 Å². The highest BCUT2D eigenvalue weighted by molar-refractivity contribution is 6.08. The summed E-state index contributed by atoms with van der Waals surface area (Å²) in [6, 6.07) is 7.05. The van der Waals surface area contributed by atoms with Gasteiger partial charge in [0.05, 0.1) is 29.5 Å². The molecule has 0 saturated carbocycles. The lowest BCUT2D eigenvalue weighted by atomic mass is 9.76. The molecule has 0 unspecified atom stereocenters. The first kappa shape index (κ1) is 19.9. The maximum atomic E-state index is 13.1. The van der Waals surface area contributed by atoms with Crippen molar-refractivity contribution in [2.75, 3.05) is 5.32 Å². The normalized spacial score (nSPS) is 15.0. The Labute approximate surface area is 182 Å². The van der Waals surface area contributed by atoms with Crippen LogP contribution in [0.1, 0.15) is 52.5 Å². The molecule has 3 aromatic heterocycles. The van der Waals surface area contributed by atoms with Crippen LogP contribution < -0.4 is 10.9 Å². The van der Waals surface area contributed by atoms with Crippen LogP contribution in [0.3, 0.4) is 0 Å². The van der Waals surface area contributed by atoms with Gasteiger partial charge in [0, 0.05) is 18.4 Å².